The van der Waals surface area contributed by atoms with Crippen LogP contribution >= 0.6 is 11.8 Å². The van der Waals surface area contributed by atoms with Crippen LogP contribution in [-0.2, 0) is 4.79 Å². The first-order chi connectivity index (χ1) is 9.70. The zero-order valence-corrected chi connectivity index (χ0v) is 12.4. The number of benzene rings is 1. The number of carbonyl (C=O) groups excluding carboxylic acids is 2. The number of carbonyl (C=O) groups is 2. The number of rotatable bonds is 4. The average molecular weight is 292 g/mol. The third-order valence-corrected chi connectivity index (χ3v) is 5.05. The summed E-state index contributed by atoms with van der Waals surface area (Å²) in [4.78, 5) is 23.7. The highest BCUT2D eigenvalue weighted by atomic mass is 32.2. The second-order valence-corrected chi connectivity index (χ2v) is 6.31. The van der Waals surface area contributed by atoms with E-state index < -0.39 is 6.03 Å². The maximum atomic E-state index is 12.3. The number of amides is 3. The van der Waals surface area contributed by atoms with Crippen molar-refractivity contribution in [3.63, 3.8) is 0 Å². The lowest BCUT2D eigenvalue weighted by atomic mass is 10.1. The van der Waals surface area contributed by atoms with Gasteiger partial charge >= 0.3 is 6.03 Å². The molecule has 1 aromatic carbocycles. The van der Waals surface area contributed by atoms with Crippen molar-refractivity contribution in [2.24, 2.45) is 0 Å². The summed E-state index contributed by atoms with van der Waals surface area (Å²) in [5.41, 5.74) is 0.950. The van der Waals surface area contributed by atoms with Crippen LogP contribution in [0.4, 0.5) is 4.79 Å². The van der Waals surface area contributed by atoms with Gasteiger partial charge in [0.1, 0.15) is 5.25 Å². The number of hydrogen-bond donors (Lipinski definition) is 2. The van der Waals surface area contributed by atoms with E-state index in [4.69, 9.17) is 0 Å². The van der Waals surface area contributed by atoms with E-state index in [0.29, 0.717) is 5.25 Å². The minimum Gasteiger partial charge on any atom is -0.341 e. The monoisotopic (exact) mass is 292 g/mol. The fourth-order valence-corrected chi connectivity index (χ4v) is 3.86. The largest absolute Gasteiger partial charge is 0.341 e. The van der Waals surface area contributed by atoms with E-state index in [1.165, 1.54) is 19.9 Å². The number of hydrogen-bond acceptors (Lipinski definition) is 3. The van der Waals surface area contributed by atoms with Gasteiger partial charge in [-0.1, -0.05) is 43.2 Å². The van der Waals surface area contributed by atoms with Crippen LogP contribution < -0.4 is 10.6 Å². The molecule has 1 aliphatic carbocycles. The van der Waals surface area contributed by atoms with Crippen molar-refractivity contribution in [2.75, 3.05) is 7.05 Å². The number of imide groups is 1. The Bertz CT molecular complexity index is 458. The van der Waals surface area contributed by atoms with Gasteiger partial charge in [0.05, 0.1) is 0 Å². The lowest BCUT2D eigenvalue weighted by molar-refractivity contribution is -0.119. The van der Waals surface area contributed by atoms with Crippen LogP contribution in [0.2, 0.25) is 0 Å². The molecule has 1 fully saturated rings. The second kappa shape index (κ2) is 7.33. The Morgan fingerprint density at radius 2 is 1.85 bits per heavy atom. The highest BCUT2D eigenvalue weighted by Crippen LogP contribution is 2.39. The minimum atomic E-state index is -0.456. The van der Waals surface area contributed by atoms with E-state index in [2.05, 4.69) is 10.6 Å². The maximum absolute atomic E-state index is 12.3. The Kier molecular flexibility index (Phi) is 5.47. The lowest BCUT2D eigenvalue weighted by Crippen LogP contribution is -2.39. The molecule has 5 heteroatoms. The first-order valence-electron chi connectivity index (χ1n) is 6.93. The molecule has 2 N–H and O–H groups in total. The number of urea groups is 1. The topological polar surface area (TPSA) is 58.2 Å². The Hall–Kier alpha value is -1.49. The molecule has 1 atom stereocenters. The first-order valence-corrected chi connectivity index (χ1v) is 7.88. The molecule has 20 heavy (non-hydrogen) atoms. The van der Waals surface area contributed by atoms with Crippen LogP contribution in [0.15, 0.2) is 30.3 Å². The standard InChI is InChI=1S/C15H20N2O2S/c1-16-15(19)17-14(18)13(11-7-3-2-4-8-11)20-12-9-5-6-10-12/h2-4,7-8,12-13H,5-6,9-10H2,1H3,(H2,16,17,18,19)/t13-/m1/s1. The number of nitrogens with one attached hydrogen (secondary N) is 2. The molecule has 1 saturated carbocycles. The van der Waals surface area contributed by atoms with E-state index in [0.717, 1.165) is 18.4 Å². The molecule has 1 aliphatic rings. The van der Waals surface area contributed by atoms with Gasteiger partial charge in [-0.2, -0.15) is 0 Å². The lowest BCUT2D eigenvalue weighted by Gasteiger charge is -2.19. The molecule has 0 heterocycles. The van der Waals surface area contributed by atoms with Crippen molar-refractivity contribution in [2.45, 2.75) is 36.2 Å². The van der Waals surface area contributed by atoms with Crippen LogP contribution in [0.25, 0.3) is 0 Å². The summed E-state index contributed by atoms with van der Waals surface area (Å²) in [5, 5.41) is 5.00. The molecule has 2 rings (SSSR count). The van der Waals surface area contributed by atoms with Gasteiger partial charge in [-0.05, 0) is 18.4 Å². The van der Waals surface area contributed by atoms with Gasteiger partial charge in [-0.25, -0.2) is 4.79 Å². The van der Waals surface area contributed by atoms with Gasteiger partial charge in [-0.3, -0.25) is 10.1 Å². The summed E-state index contributed by atoms with van der Waals surface area (Å²) in [6.07, 6.45) is 4.77. The summed E-state index contributed by atoms with van der Waals surface area (Å²) in [6.45, 7) is 0. The SMILES string of the molecule is CNC(=O)NC(=O)[C@H](SC1CCCC1)c1ccccc1. The van der Waals surface area contributed by atoms with Gasteiger partial charge in [0.2, 0.25) is 5.91 Å². The molecule has 3 amide bonds. The molecular weight excluding hydrogens is 272 g/mol. The molecule has 0 aromatic heterocycles. The molecule has 0 unspecified atom stereocenters. The highest BCUT2D eigenvalue weighted by molar-refractivity contribution is 8.00. The molecule has 0 saturated heterocycles. The summed E-state index contributed by atoms with van der Waals surface area (Å²) in [6, 6.07) is 9.20. The van der Waals surface area contributed by atoms with Crippen molar-refractivity contribution in [1.82, 2.24) is 10.6 Å². The molecule has 108 valence electrons. The van der Waals surface area contributed by atoms with Crippen molar-refractivity contribution >= 4 is 23.7 Å². The summed E-state index contributed by atoms with van der Waals surface area (Å²) in [7, 11) is 1.50. The maximum Gasteiger partial charge on any atom is 0.321 e. The normalized spacial score (nSPS) is 16.6. The van der Waals surface area contributed by atoms with E-state index >= 15 is 0 Å². The molecule has 4 nitrogen and oxygen atoms in total. The van der Waals surface area contributed by atoms with E-state index in [-0.39, 0.29) is 11.2 Å². The molecule has 0 radical (unpaired) electrons. The predicted octanol–water partition coefficient (Wildman–Crippen LogP) is 2.86. The van der Waals surface area contributed by atoms with Gasteiger partial charge in [0, 0.05) is 12.3 Å². The average Bonchev–Trinajstić information content (AvgIpc) is 2.98. The van der Waals surface area contributed by atoms with Gasteiger partial charge < -0.3 is 5.32 Å². The fraction of sp³-hybridized carbons (Fsp3) is 0.467. The molecule has 0 bridgehead atoms. The smallest absolute Gasteiger partial charge is 0.321 e. The van der Waals surface area contributed by atoms with Crippen molar-refractivity contribution < 1.29 is 9.59 Å². The Morgan fingerprint density at radius 1 is 1.20 bits per heavy atom. The second-order valence-electron chi connectivity index (χ2n) is 4.90. The third kappa shape index (κ3) is 4.00. The van der Waals surface area contributed by atoms with Crippen molar-refractivity contribution in [1.29, 1.82) is 0 Å². The Labute approximate surface area is 123 Å². The zero-order chi connectivity index (χ0) is 14.4. The van der Waals surface area contributed by atoms with Gasteiger partial charge in [0.15, 0.2) is 0 Å². The summed E-state index contributed by atoms with van der Waals surface area (Å²) < 4.78 is 0. The Balaban J connectivity index is 2.10. The Morgan fingerprint density at radius 3 is 2.45 bits per heavy atom. The third-order valence-electron chi connectivity index (χ3n) is 3.43. The highest BCUT2D eigenvalue weighted by Gasteiger charge is 2.27. The molecule has 1 aromatic rings. The first kappa shape index (κ1) is 14.9. The predicted molar refractivity (Wildman–Crippen MR) is 81.6 cm³/mol. The van der Waals surface area contributed by atoms with Crippen molar-refractivity contribution in [3.05, 3.63) is 35.9 Å². The van der Waals surface area contributed by atoms with Gasteiger partial charge in [-0.15, -0.1) is 11.8 Å². The van der Waals surface area contributed by atoms with Crippen LogP contribution in [0.1, 0.15) is 36.5 Å². The molecule has 0 spiro atoms. The number of thioether (sulfide) groups is 1. The van der Waals surface area contributed by atoms with Gasteiger partial charge in [0.25, 0.3) is 0 Å². The van der Waals surface area contributed by atoms with Crippen LogP contribution in [0.3, 0.4) is 0 Å². The van der Waals surface area contributed by atoms with E-state index in [1.54, 1.807) is 11.8 Å². The van der Waals surface area contributed by atoms with Crippen LogP contribution in [-0.4, -0.2) is 24.2 Å². The van der Waals surface area contributed by atoms with E-state index in [9.17, 15) is 9.59 Å². The summed E-state index contributed by atoms with van der Waals surface area (Å²) >= 11 is 1.67. The van der Waals surface area contributed by atoms with Crippen LogP contribution in [0, 0.1) is 0 Å². The van der Waals surface area contributed by atoms with E-state index in [1.807, 2.05) is 30.3 Å². The fourth-order valence-electron chi connectivity index (χ4n) is 2.38. The minimum absolute atomic E-state index is 0.243. The zero-order valence-electron chi connectivity index (χ0n) is 11.6. The van der Waals surface area contributed by atoms with Crippen LogP contribution in [0.5, 0.6) is 0 Å². The summed E-state index contributed by atoms with van der Waals surface area (Å²) in [5.74, 6) is -0.243. The molecular formula is C15H20N2O2S. The van der Waals surface area contributed by atoms with Crippen molar-refractivity contribution in [3.8, 4) is 0 Å². The molecule has 0 aliphatic heterocycles. The quantitative estimate of drug-likeness (QED) is 0.897.